The fraction of sp³-hybridized carbons (Fsp3) is 0.375. The summed E-state index contributed by atoms with van der Waals surface area (Å²) in [4.78, 5) is 9.92. The fourth-order valence-corrected chi connectivity index (χ4v) is 2.86. The third-order valence-corrected chi connectivity index (χ3v) is 3.97. The minimum atomic E-state index is -3.60. The van der Waals surface area contributed by atoms with Crippen molar-refractivity contribution in [2.24, 2.45) is 0 Å². The first-order valence-corrected chi connectivity index (χ1v) is 5.99. The van der Waals surface area contributed by atoms with Crippen molar-refractivity contribution in [3.05, 3.63) is 24.3 Å². The van der Waals surface area contributed by atoms with Gasteiger partial charge in [-0.05, 0) is 13.0 Å². The molecule has 0 aromatic heterocycles. The number of hydrogen-bond donors (Lipinski definition) is 1. The molecule has 0 saturated heterocycles. The first-order valence-electron chi connectivity index (χ1n) is 3.93. The lowest BCUT2D eigenvalue weighted by Gasteiger charge is -2.19. The van der Waals surface area contributed by atoms with Crippen LogP contribution >= 0.6 is 19.8 Å². The lowest BCUT2D eigenvalue weighted by Crippen LogP contribution is -2.17. The molecule has 2 atom stereocenters. The topological polar surface area (TPSA) is 46.5 Å². The highest BCUT2D eigenvalue weighted by Crippen LogP contribution is 2.49. The number of hydrogen-bond acceptors (Lipinski definition) is 3. The van der Waals surface area contributed by atoms with Crippen molar-refractivity contribution in [1.82, 2.24) is 0 Å². The van der Waals surface area contributed by atoms with E-state index in [1.165, 1.54) is 0 Å². The Morgan fingerprint density at radius 2 is 2.38 bits per heavy atom. The first-order chi connectivity index (χ1) is 6.08. The van der Waals surface area contributed by atoms with Gasteiger partial charge in [0.1, 0.15) is 5.66 Å². The van der Waals surface area contributed by atoms with Crippen LogP contribution in [0.1, 0.15) is 6.92 Å². The molecule has 0 saturated carbocycles. The normalized spacial score (nSPS) is 26.0. The maximum Gasteiger partial charge on any atom is 0.340 e. The zero-order valence-electron chi connectivity index (χ0n) is 7.21. The second-order valence-corrected chi connectivity index (χ2v) is 4.99. The minimum absolute atomic E-state index is 0.213. The molecule has 0 heterocycles. The molecule has 0 amide bonds. The Morgan fingerprint density at radius 1 is 1.69 bits per heavy atom. The van der Waals surface area contributed by atoms with Crippen molar-refractivity contribution in [1.29, 1.82) is 0 Å². The van der Waals surface area contributed by atoms with Crippen molar-refractivity contribution >= 4 is 24.7 Å². The van der Waals surface area contributed by atoms with Crippen LogP contribution < -0.4 is 0 Å². The fourth-order valence-electron chi connectivity index (χ4n) is 1.05. The summed E-state index contributed by atoms with van der Waals surface area (Å²) in [6, 6.07) is 0. The van der Waals surface area contributed by atoms with E-state index < -0.39 is 13.3 Å². The van der Waals surface area contributed by atoms with E-state index in [0.717, 1.165) is 0 Å². The third kappa shape index (κ3) is 2.58. The molecule has 0 aromatic rings. The minimum Gasteiger partial charge on any atom is -0.324 e. The van der Waals surface area contributed by atoms with Crippen molar-refractivity contribution in [3.63, 3.8) is 0 Å². The van der Waals surface area contributed by atoms with Crippen LogP contribution in [-0.4, -0.2) is 22.0 Å². The molecule has 2 unspecified atom stereocenters. The Bertz CT molecular complexity index is 309. The highest BCUT2D eigenvalue weighted by atomic mass is 32.1. The van der Waals surface area contributed by atoms with Crippen LogP contribution in [-0.2, 0) is 9.09 Å². The van der Waals surface area contributed by atoms with Gasteiger partial charge < -0.3 is 9.42 Å². The quantitative estimate of drug-likeness (QED) is 0.582. The number of thiocarbonyl (C=S) groups is 1. The van der Waals surface area contributed by atoms with Crippen LogP contribution in [0.5, 0.6) is 0 Å². The highest BCUT2D eigenvalue weighted by molar-refractivity contribution is 7.82. The highest BCUT2D eigenvalue weighted by Gasteiger charge is 2.32. The molecule has 5 heteroatoms. The zero-order valence-corrected chi connectivity index (χ0v) is 8.92. The molecule has 1 aliphatic rings. The van der Waals surface area contributed by atoms with E-state index in [1.54, 1.807) is 31.2 Å². The average Bonchev–Trinajstić information content (AvgIpc) is 2.04. The van der Waals surface area contributed by atoms with E-state index in [-0.39, 0.29) is 6.61 Å². The van der Waals surface area contributed by atoms with E-state index in [0.29, 0.717) is 4.86 Å². The summed E-state index contributed by atoms with van der Waals surface area (Å²) in [5, 5.41) is 0. The molecule has 1 aliphatic carbocycles. The molecule has 0 bridgehead atoms. The van der Waals surface area contributed by atoms with E-state index in [2.05, 4.69) is 0 Å². The molecule has 0 radical (unpaired) electrons. The second-order valence-electron chi connectivity index (χ2n) is 2.57. The van der Waals surface area contributed by atoms with Gasteiger partial charge in [-0.25, -0.2) is 0 Å². The largest absolute Gasteiger partial charge is 0.340 e. The molecule has 72 valence electrons. The Hall–Kier alpha value is -0.280. The van der Waals surface area contributed by atoms with Gasteiger partial charge in [0.05, 0.1) is 6.61 Å². The first kappa shape index (κ1) is 10.8. The summed E-state index contributed by atoms with van der Waals surface area (Å²) in [6.45, 7) is 1.89. The molecular weight excluding hydrogens is 207 g/mol. The predicted molar refractivity (Wildman–Crippen MR) is 56.1 cm³/mol. The van der Waals surface area contributed by atoms with Crippen LogP contribution in [0.2, 0.25) is 0 Å². The predicted octanol–water partition coefficient (Wildman–Crippen LogP) is 2.07. The van der Waals surface area contributed by atoms with Gasteiger partial charge in [-0.2, -0.15) is 0 Å². The van der Waals surface area contributed by atoms with Crippen LogP contribution in [0.15, 0.2) is 24.3 Å². The Balaban J connectivity index is 2.82. The average molecular weight is 218 g/mol. The Kier molecular flexibility index (Phi) is 3.56. The summed E-state index contributed by atoms with van der Waals surface area (Å²) in [5.41, 5.74) is -0.660. The van der Waals surface area contributed by atoms with Crippen LogP contribution in [0.4, 0.5) is 0 Å². The van der Waals surface area contributed by atoms with Gasteiger partial charge in [0.25, 0.3) is 0 Å². The van der Waals surface area contributed by atoms with Gasteiger partial charge in [-0.15, -0.1) is 0 Å². The van der Waals surface area contributed by atoms with Gasteiger partial charge in [-0.1, -0.05) is 30.4 Å². The van der Waals surface area contributed by atoms with Crippen molar-refractivity contribution in [2.75, 3.05) is 6.61 Å². The maximum absolute atomic E-state index is 11.5. The summed E-state index contributed by atoms with van der Waals surface area (Å²) in [5.74, 6) is 0. The van der Waals surface area contributed by atoms with Crippen molar-refractivity contribution in [3.8, 4) is 0 Å². The SMILES string of the molecule is CCOP(=O)(O)C1C=CC=CC1=S. The van der Waals surface area contributed by atoms with Gasteiger partial charge >= 0.3 is 7.60 Å². The maximum atomic E-state index is 11.5. The summed E-state index contributed by atoms with van der Waals surface area (Å²) < 4.78 is 16.3. The number of allylic oxidation sites excluding steroid dienone is 4. The zero-order chi connectivity index (χ0) is 9.90. The molecule has 0 spiro atoms. The van der Waals surface area contributed by atoms with Crippen LogP contribution in [0.25, 0.3) is 0 Å². The lowest BCUT2D eigenvalue weighted by molar-refractivity contribution is 0.273. The molecule has 13 heavy (non-hydrogen) atoms. The van der Waals surface area contributed by atoms with Crippen molar-refractivity contribution in [2.45, 2.75) is 12.6 Å². The molecule has 0 aliphatic heterocycles. The third-order valence-electron chi connectivity index (χ3n) is 1.62. The lowest BCUT2D eigenvalue weighted by atomic mass is 10.2. The van der Waals surface area contributed by atoms with Gasteiger partial charge in [0, 0.05) is 4.86 Å². The molecule has 0 aromatic carbocycles. The molecule has 1 N–H and O–H groups in total. The van der Waals surface area contributed by atoms with E-state index >= 15 is 0 Å². The van der Waals surface area contributed by atoms with Gasteiger partial charge in [0.2, 0.25) is 0 Å². The van der Waals surface area contributed by atoms with Crippen LogP contribution in [0.3, 0.4) is 0 Å². The summed E-state index contributed by atoms with van der Waals surface area (Å²) in [6.07, 6.45) is 6.67. The molecule has 0 fully saturated rings. The smallest absolute Gasteiger partial charge is 0.324 e. The molecule has 1 rings (SSSR count). The Labute approximate surface area is 82.6 Å². The monoisotopic (exact) mass is 218 g/mol. The van der Waals surface area contributed by atoms with Gasteiger partial charge in [0.15, 0.2) is 0 Å². The Morgan fingerprint density at radius 3 is 2.92 bits per heavy atom. The second kappa shape index (κ2) is 4.29. The number of rotatable bonds is 3. The van der Waals surface area contributed by atoms with Crippen LogP contribution in [0, 0.1) is 0 Å². The van der Waals surface area contributed by atoms with E-state index in [4.69, 9.17) is 16.7 Å². The summed E-state index contributed by atoms with van der Waals surface area (Å²) >= 11 is 4.94. The van der Waals surface area contributed by atoms with E-state index in [9.17, 15) is 9.46 Å². The summed E-state index contributed by atoms with van der Waals surface area (Å²) in [7, 11) is -3.60. The molecule has 3 nitrogen and oxygen atoms in total. The van der Waals surface area contributed by atoms with Gasteiger partial charge in [-0.3, -0.25) is 4.57 Å². The van der Waals surface area contributed by atoms with E-state index in [1.807, 2.05) is 0 Å². The standard InChI is InChI=1S/C8H11O3PS/c1-2-11-12(9,10)7-5-3-4-6-8(7)13/h3-7H,2H2,1H3,(H,9,10). The van der Waals surface area contributed by atoms with Crippen molar-refractivity contribution < 1.29 is 14.0 Å². The molecular formula is C8H11O3PS.